The van der Waals surface area contributed by atoms with Gasteiger partial charge in [-0.05, 0) is 18.4 Å². The summed E-state index contributed by atoms with van der Waals surface area (Å²) in [4.78, 5) is 10.7. The molecular formula is C7H16N2O4S2. The second-order valence-electron chi connectivity index (χ2n) is 2.79. The molecule has 0 saturated carbocycles. The molecule has 0 aromatic carbocycles. The number of thioether (sulfide) groups is 1. The molecule has 0 aliphatic heterocycles. The van der Waals surface area contributed by atoms with Crippen LogP contribution in [0.5, 0.6) is 0 Å². The Balaban J connectivity index is 4.34. The predicted octanol–water partition coefficient (Wildman–Crippen LogP) is -0.363. The third-order valence-corrected chi connectivity index (χ3v) is 3.45. The Morgan fingerprint density at radius 1 is 1.53 bits per heavy atom. The average molecular weight is 256 g/mol. The van der Waals surface area contributed by atoms with Crippen LogP contribution in [0.4, 0.5) is 0 Å². The molecule has 0 unspecified atom stereocenters. The monoisotopic (exact) mass is 256 g/mol. The largest absolute Gasteiger partial charge is 0.480 e. The summed E-state index contributed by atoms with van der Waals surface area (Å²) in [6.07, 6.45) is 2.10. The summed E-state index contributed by atoms with van der Waals surface area (Å²) in [5.41, 5.74) is 0. The number of carbonyl (C=O) groups is 1. The van der Waals surface area contributed by atoms with E-state index in [4.69, 9.17) is 5.11 Å². The molecule has 0 aromatic heterocycles. The van der Waals surface area contributed by atoms with Crippen LogP contribution in [0.3, 0.4) is 0 Å². The van der Waals surface area contributed by atoms with Crippen molar-refractivity contribution in [1.82, 2.24) is 9.44 Å². The van der Waals surface area contributed by atoms with E-state index >= 15 is 0 Å². The molecule has 0 fully saturated rings. The molecule has 0 amide bonds. The lowest BCUT2D eigenvalue weighted by Crippen LogP contribution is -2.46. The highest BCUT2D eigenvalue weighted by atomic mass is 32.2. The van der Waals surface area contributed by atoms with Crippen LogP contribution in [0.1, 0.15) is 13.3 Å². The highest BCUT2D eigenvalue weighted by Gasteiger charge is 2.22. The molecule has 0 heterocycles. The van der Waals surface area contributed by atoms with Gasteiger partial charge in [0.2, 0.25) is 0 Å². The van der Waals surface area contributed by atoms with Gasteiger partial charge in [-0.2, -0.15) is 24.9 Å². The molecule has 0 aliphatic rings. The van der Waals surface area contributed by atoms with Gasteiger partial charge in [-0.15, -0.1) is 0 Å². The van der Waals surface area contributed by atoms with Crippen molar-refractivity contribution < 1.29 is 18.3 Å². The van der Waals surface area contributed by atoms with E-state index in [0.29, 0.717) is 5.75 Å². The first-order chi connectivity index (χ1) is 6.93. The summed E-state index contributed by atoms with van der Waals surface area (Å²) >= 11 is 1.47. The van der Waals surface area contributed by atoms with Crippen molar-refractivity contribution in [3.8, 4) is 0 Å². The molecule has 0 saturated heterocycles. The number of hydrogen-bond donors (Lipinski definition) is 3. The fourth-order valence-electron chi connectivity index (χ4n) is 0.887. The van der Waals surface area contributed by atoms with E-state index in [-0.39, 0.29) is 13.0 Å². The Hall–Kier alpha value is -0.310. The van der Waals surface area contributed by atoms with E-state index in [1.807, 2.05) is 6.26 Å². The SMILES string of the molecule is CCNS(=O)(=O)N[C@@H](CCSC)C(=O)O. The fourth-order valence-corrected chi connectivity index (χ4v) is 2.42. The summed E-state index contributed by atoms with van der Waals surface area (Å²) in [5, 5.41) is 8.77. The second-order valence-corrected chi connectivity index (χ2v) is 5.31. The lowest BCUT2D eigenvalue weighted by atomic mass is 10.2. The molecule has 3 N–H and O–H groups in total. The van der Waals surface area contributed by atoms with Crippen LogP contribution in [0.2, 0.25) is 0 Å². The standard InChI is InChI=1S/C7H16N2O4S2/c1-3-8-15(12,13)9-6(7(10)11)4-5-14-2/h6,8-9H,3-5H2,1-2H3,(H,10,11)/t6-/m0/s1. The zero-order chi connectivity index (χ0) is 11.9. The first-order valence-corrected chi connectivity index (χ1v) is 7.29. The minimum absolute atomic E-state index is 0.226. The van der Waals surface area contributed by atoms with E-state index in [1.54, 1.807) is 6.92 Å². The van der Waals surface area contributed by atoms with Crippen molar-refractivity contribution in [3.05, 3.63) is 0 Å². The lowest BCUT2D eigenvalue weighted by Gasteiger charge is -2.13. The summed E-state index contributed by atoms with van der Waals surface area (Å²) < 4.78 is 26.7. The molecule has 6 nitrogen and oxygen atoms in total. The van der Waals surface area contributed by atoms with Crippen LogP contribution in [0, 0.1) is 0 Å². The molecule has 0 bridgehead atoms. The van der Waals surface area contributed by atoms with Crippen LogP contribution >= 0.6 is 11.8 Å². The van der Waals surface area contributed by atoms with Crippen molar-refractivity contribution >= 4 is 27.9 Å². The fraction of sp³-hybridized carbons (Fsp3) is 0.857. The predicted molar refractivity (Wildman–Crippen MR) is 60.2 cm³/mol. The van der Waals surface area contributed by atoms with Gasteiger partial charge in [-0.3, -0.25) is 4.79 Å². The van der Waals surface area contributed by atoms with Crippen LogP contribution in [-0.2, 0) is 15.0 Å². The topological polar surface area (TPSA) is 95.5 Å². The van der Waals surface area contributed by atoms with Gasteiger partial charge < -0.3 is 5.11 Å². The molecule has 90 valence electrons. The molecule has 0 aromatic rings. The quantitative estimate of drug-likeness (QED) is 0.551. The number of aliphatic carboxylic acids is 1. The first-order valence-electron chi connectivity index (χ1n) is 4.41. The number of carboxylic acid groups (broad SMARTS) is 1. The molecule has 0 radical (unpaired) electrons. The number of carboxylic acids is 1. The van der Waals surface area contributed by atoms with Gasteiger partial charge in [0.05, 0.1) is 0 Å². The number of hydrogen-bond acceptors (Lipinski definition) is 4. The van der Waals surface area contributed by atoms with Crippen molar-refractivity contribution in [2.75, 3.05) is 18.6 Å². The maximum atomic E-state index is 11.2. The third-order valence-electron chi connectivity index (χ3n) is 1.54. The highest BCUT2D eigenvalue weighted by molar-refractivity contribution is 7.98. The number of nitrogens with one attached hydrogen (secondary N) is 2. The molecule has 0 spiro atoms. The molecule has 1 atom stereocenters. The number of rotatable bonds is 8. The Kier molecular flexibility index (Phi) is 6.90. The van der Waals surface area contributed by atoms with Gasteiger partial charge in [-0.25, -0.2) is 4.72 Å². The van der Waals surface area contributed by atoms with Gasteiger partial charge in [0, 0.05) is 6.54 Å². The van der Waals surface area contributed by atoms with Gasteiger partial charge in [-0.1, -0.05) is 6.92 Å². The van der Waals surface area contributed by atoms with Gasteiger partial charge in [0.1, 0.15) is 6.04 Å². The van der Waals surface area contributed by atoms with Crippen molar-refractivity contribution in [1.29, 1.82) is 0 Å². The van der Waals surface area contributed by atoms with Crippen LogP contribution < -0.4 is 9.44 Å². The van der Waals surface area contributed by atoms with Gasteiger partial charge in [0.25, 0.3) is 10.2 Å². The maximum Gasteiger partial charge on any atom is 0.321 e. The van der Waals surface area contributed by atoms with E-state index < -0.39 is 22.2 Å². The Bertz CT molecular complexity index is 291. The Labute approximate surface area is 94.0 Å². The van der Waals surface area contributed by atoms with E-state index in [2.05, 4.69) is 9.44 Å². The van der Waals surface area contributed by atoms with Crippen molar-refractivity contribution in [2.24, 2.45) is 0 Å². The highest BCUT2D eigenvalue weighted by Crippen LogP contribution is 2.01. The minimum Gasteiger partial charge on any atom is -0.480 e. The first kappa shape index (κ1) is 14.7. The van der Waals surface area contributed by atoms with Crippen molar-refractivity contribution in [2.45, 2.75) is 19.4 Å². The smallest absolute Gasteiger partial charge is 0.321 e. The van der Waals surface area contributed by atoms with Crippen LogP contribution in [0.25, 0.3) is 0 Å². The minimum atomic E-state index is -3.70. The molecular weight excluding hydrogens is 240 g/mol. The Morgan fingerprint density at radius 3 is 2.53 bits per heavy atom. The normalized spacial score (nSPS) is 13.7. The zero-order valence-corrected chi connectivity index (χ0v) is 10.3. The summed E-state index contributed by atoms with van der Waals surface area (Å²) in [6, 6.07) is -1.07. The molecule has 15 heavy (non-hydrogen) atoms. The average Bonchev–Trinajstić information content (AvgIpc) is 2.11. The third kappa shape index (κ3) is 6.72. The van der Waals surface area contributed by atoms with Gasteiger partial charge >= 0.3 is 5.97 Å². The van der Waals surface area contributed by atoms with Gasteiger partial charge in [0.15, 0.2) is 0 Å². The van der Waals surface area contributed by atoms with Crippen molar-refractivity contribution in [3.63, 3.8) is 0 Å². The second kappa shape index (κ2) is 7.04. The van der Waals surface area contributed by atoms with E-state index in [9.17, 15) is 13.2 Å². The lowest BCUT2D eigenvalue weighted by molar-refractivity contribution is -0.139. The summed E-state index contributed by atoms with van der Waals surface area (Å²) in [6.45, 7) is 1.85. The summed E-state index contributed by atoms with van der Waals surface area (Å²) in [7, 11) is -3.70. The van der Waals surface area contributed by atoms with E-state index in [0.717, 1.165) is 0 Å². The molecule has 0 rings (SSSR count). The zero-order valence-electron chi connectivity index (χ0n) is 8.69. The summed E-state index contributed by atoms with van der Waals surface area (Å²) in [5.74, 6) is -0.573. The Morgan fingerprint density at radius 2 is 2.13 bits per heavy atom. The van der Waals surface area contributed by atoms with Crippen LogP contribution in [-0.4, -0.2) is 44.1 Å². The maximum absolute atomic E-state index is 11.2. The molecule has 0 aliphatic carbocycles. The van der Waals surface area contributed by atoms with Crippen LogP contribution in [0.15, 0.2) is 0 Å². The van der Waals surface area contributed by atoms with E-state index in [1.165, 1.54) is 11.8 Å². The molecule has 8 heteroatoms.